The van der Waals surface area contributed by atoms with E-state index in [-0.39, 0.29) is 0 Å². The van der Waals surface area contributed by atoms with Crippen molar-refractivity contribution in [3.63, 3.8) is 0 Å². The SMILES string of the molecule is c1ccc(-n2c3ccccc3c3cc(N(c4ccc(-c5cccc6c5sc5ccccc56)cc4)c4ccc5c(c4)c4c6c7ccccc7n(-c7ccccc7)c6ccc4n5-c4ccccc4)ccc32)cc1. The van der Waals surface area contributed by atoms with Gasteiger partial charge in [-0.05, 0) is 126 Å². The van der Waals surface area contributed by atoms with Crippen LogP contribution in [0.5, 0.6) is 0 Å². The number of hydrogen-bond acceptors (Lipinski definition) is 2. The summed E-state index contributed by atoms with van der Waals surface area (Å²) >= 11 is 1.88. The molecule has 0 unspecified atom stereocenters. The third kappa shape index (κ3) is 6.03. The molecule has 15 aromatic rings. The molecule has 0 radical (unpaired) electrons. The highest BCUT2D eigenvalue weighted by Gasteiger charge is 2.24. The van der Waals surface area contributed by atoms with Crippen LogP contribution in [0.25, 0.3) is 114 Å². The molecule has 4 nitrogen and oxygen atoms in total. The first-order chi connectivity index (χ1) is 35.2. The second-order valence-electron chi connectivity index (χ2n) is 18.5. The van der Waals surface area contributed by atoms with Crippen molar-refractivity contribution in [2.24, 2.45) is 0 Å². The van der Waals surface area contributed by atoms with E-state index in [9.17, 15) is 0 Å². The molecule has 0 N–H and O–H groups in total. The second kappa shape index (κ2) is 15.7. The molecule has 11 aromatic carbocycles. The summed E-state index contributed by atoms with van der Waals surface area (Å²) in [5.74, 6) is 0. The maximum absolute atomic E-state index is 2.45. The molecule has 0 aliphatic heterocycles. The largest absolute Gasteiger partial charge is 0.310 e. The summed E-state index contributed by atoms with van der Waals surface area (Å²) in [6, 6.07) is 93.4. The second-order valence-corrected chi connectivity index (χ2v) is 19.5. The first-order valence-electron chi connectivity index (χ1n) is 24.3. The predicted molar refractivity (Wildman–Crippen MR) is 302 cm³/mol. The average Bonchev–Trinajstić information content (AvgIpc) is 4.18. The van der Waals surface area contributed by atoms with Gasteiger partial charge in [-0.2, -0.15) is 0 Å². The number of anilines is 3. The molecule has 0 amide bonds. The van der Waals surface area contributed by atoms with Gasteiger partial charge in [0.1, 0.15) is 0 Å². The van der Waals surface area contributed by atoms with E-state index < -0.39 is 0 Å². The molecular weight excluding hydrogens is 881 g/mol. The number of hydrogen-bond donors (Lipinski definition) is 0. The van der Waals surface area contributed by atoms with Crippen LogP contribution in [0, 0.1) is 0 Å². The molecule has 15 rings (SSSR count). The molecule has 0 fully saturated rings. The lowest BCUT2D eigenvalue weighted by Crippen LogP contribution is -2.10. The molecule has 0 saturated heterocycles. The number of rotatable bonds is 7. The van der Waals surface area contributed by atoms with E-state index in [1.165, 1.54) is 91.2 Å². The fraction of sp³-hybridized carbons (Fsp3) is 0. The van der Waals surface area contributed by atoms with Crippen molar-refractivity contribution >= 4 is 114 Å². The Balaban J connectivity index is 0.996. The summed E-state index contributed by atoms with van der Waals surface area (Å²) in [6.07, 6.45) is 0. The minimum absolute atomic E-state index is 1.08. The van der Waals surface area contributed by atoms with Crippen LogP contribution in [0.15, 0.2) is 255 Å². The minimum atomic E-state index is 1.08. The Labute approximate surface area is 413 Å². The van der Waals surface area contributed by atoms with Crippen LogP contribution in [-0.2, 0) is 0 Å². The van der Waals surface area contributed by atoms with Crippen LogP contribution in [0.4, 0.5) is 17.1 Å². The zero-order valence-corrected chi connectivity index (χ0v) is 39.3. The Hall–Kier alpha value is -9.16. The van der Waals surface area contributed by atoms with Gasteiger partial charge in [-0.3, -0.25) is 0 Å². The predicted octanol–water partition coefficient (Wildman–Crippen LogP) is 18.5. The number of aromatic nitrogens is 3. The zero-order valence-electron chi connectivity index (χ0n) is 38.4. The van der Waals surface area contributed by atoms with E-state index in [1.807, 2.05) is 11.3 Å². The summed E-state index contributed by atoms with van der Waals surface area (Å²) in [6.45, 7) is 0. The number of para-hydroxylation sites is 5. The maximum Gasteiger partial charge on any atom is 0.0548 e. The van der Waals surface area contributed by atoms with E-state index in [2.05, 4.69) is 273 Å². The molecule has 71 heavy (non-hydrogen) atoms. The fourth-order valence-electron chi connectivity index (χ4n) is 11.6. The van der Waals surface area contributed by atoms with Crippen LogP contribution in [0.2, 0.25) is 0 Å². The van der Waals surface area contributed by atoms with Gasteiger partial charge in [0, 0.05) is 86.6 Å². The Bertz CT molecular complexity index is 4560. The normalized spacial score (nSPS) is 11.9. The van der Waals surface area contributed by atoms with Crippen LogP contribution < -0.4 is 4.90 Å². The van der Waals surface area contributed by atoms with E-state index in [0.29, 0.717) is 0 Å². The smallest absolute Gasteiger partial charge is 0.0548 e. The van der Waals surface area contributed by atoms with Crippen molar-refractivity contribution in [3.8, 4) is 28.2 Å². The van der Waals surface area contributed by atoms with Gasteiger partial charge in [0.05, 0.1) is 33.1 Å². The highest BCUT2D eigenvalue weighted by atomic mass is 32.1. The molecule has 332 valence electrons. The Kier molecular flexibility index (Phi) is 8.79. The quantitative estimate of drug-likeness (QED) is 0.156. The summed E-state index contributed by atoms with van der Waals surface area (Å²) in [7, 11) is 0. The lowest BCUT2D eigenvalue weighted by atomic mass is 10.0. The summed E-state index contributed by atoms with van der Waals surface area (Å²) in [5, 5.41) is 9.96. The van der Waals surface area contributed by atoms with Gasteiger partial charge in [0.25, 0.3) is 0 Å². The monoisotopic (exact) mass is 922 g/mol. The number of nitrogens with zero attached hydrogens (tertiary/aromatic N) is 4. The van der Waals surface area contributed by atoms with Crippen molar-refractivity contribution in [3.05, 3.63) is 255 Å². The minimum Gasteiger partial charge on any atom is -0.310 e. The average molecular weight is 923 g/mol. The van der Waals surface area contributed by atoms with Crippen LogP contribution in [0.1, 0.15) is 0 Å². The van der Waals surface area contributed by atoms with Gasteiger partial charge in [-0.15, -0.1) is 11.3 Å². The third-order valence-corrected chi connectivity index (χ3v) is 15.8. The van der Waals surface area contributed by atoms with E-state index in [0.717, 1.165) is 39.6 Å². The summed E-state index contributed by atoms with van der Waals surface area (Å²) < 4.78 is 9.89. The highest BCUT2D eigenvalue weighted by molar-refractivity contribution is 7.26. The molecule has 0 aliphatic carbocycles. The van der Waals surface area contributed by atoms with Gasteiger partial charge in [0.2, 0.25) is 0 Å². The summed E-state index contributed by atoms with van der Waals surface area (Å²) in [4.78, 5) is 2.45. The number of fused-ring (bicyclic) bond motifs is 13. The van der Waals surface area contributed by atoms with Gasteiger partial charge >= 0.3 is 0 Å². The standard InChI is InChI=1S/C66H42N4S/c1-4-17-44(18-5-1)68-57-28-13-10-23-51(57)55-41-48(35-37-59(55)68)67(47-33-31-43(32-34-47)50-26-16-27-53-52-24-12-15-30-63(52)71-66(50)53)49-36-38-60-56(42-49)65-62(70(60)46-21-8-3-9-22-46)40-39-61-64(65)54-25-11-14-29-58(54)69(61)45-19-6-2-7-20-45/h1-42H. The molecule has 4 aromatic heterocycles. The molecule has 4 heterocycles. The maximum atomic E-state index is 2.45. The fourth-order valence-corrected chi connectivity index (χ4v) is 12.8. The number of thiophene rings is 1. The van der Waals surface area contributed by atoms with E-state index in [1.54, 1.807) is 0 Å². The lowest BCUT2D eigenvalue weighted by Gasteiger charge is -2.26. The van der Waals surface area contributed by atoms with Crippen molar-refractivity contribution in [1.29, 1.82) is 0 Å². The molecular formula is C66H42N4S. The Morgan fingerprint density at radius 3 is 1.35 bits per heavy atom. The van der Waals surface area contributed by atoms with Crippen molar-refractivity contribution < 1.29 is 0 Å². The third-order valence-electron chi connectivity index (χ3n) is 14.6. The van der Waals surface area contributed by atoms with Crippen molar-refractivity contribution in [2.75, 3.05) is 4.90 Å². The van der Waals surface area contributed by atoms with Crippen molar-refractivity contribution in [2.45, 2.75) is 0 Å². The molecule has 0 saturated carbocycles. The molecule has 5 heteroatoms. The van der Waals surface area contributed by atoms with E-state index >= 15 is 0 Å². The number of benzene rings is 11. The van der Waals surface area contributed by atoms with Gasteiger partial charge in [-0.1, -0.05) is 140 Å². The molecule has 0 bridgehead atoms. The van der Waals surface area contributed by atoms with E-state index in [4.69, 9.17) is 0 Å². The van der Waals surface area contributed by atoms with Crippen LogP contribution in [-0.4, -0.2) is 13.7 Å². The molecule has 0 spiro atoms. The van der Waals surface area contributed by atoms with Crippen molar-refractivity contribution in [1.82, 2.24) is 13.7 Å². The van der Waals surface area contributed by atoms with Gasteiger partial charge in [-0.25, -0.2) is 0 Å². The molecule has 0 aliphatic rings. The molecule has 0 atom stereocenters. The first-order valence-corrected chi connectivity index (χ1v) is 25.1. The Morgan fingerprint density at radius 2 is 0.718 bits per heavy atom. The van der Waals surface area contributed by atoms with Crippen LogP contribution >= 0.6 is 11.3 Å². The van der Waals surface area contributed by atoms with Gasteiger partial charge in [0.15, 0.2) is 0 Å². The van der Waals surface area contributed by atoms with Crippen LogP contribution in [0.3, 0.4) is 0 Å². The topological polar surface area (TPSA) is 18.0 Å². The highest BCUT2D eigenvalue weighted by Crippen LogP contribution is 2.47. The Morgan fingerprint density at radius 1 is 0.282 bits per heavy atom. The lowest BCUT2D eigenvalue weighted by molar-refractivity contribution is 1.17. The summed E-state index contributed by atoms with van der Waals surface area (Å²) in [5.41, 5.74) is 16.2. The zero-order chi connectivity index (χ0) is 46.6. The first kappa shape index (κ1) is 39.8. The van der Waals surface area contributed by atoms with Gasteiger partial charge < -0.3 is 18.6 Å².